The Bertz CT molecular complexity index is 1260. The lowest BCUT2D eigenvalue weighted by molar-refractivity contribution is 0.394. The Labute approximate surface area is 183 Å². The van der Waals surface area contributed by atoms with Gasteiger partial charge in [-0.05, 0) is 36.2 Å². The molecule has 0 aliphatic carbocycles. The van der Waals surface area contributed by atoms with Gasteiger partial charge in [0.2, 0.25) is 5.88 Å². The van der Waals surface area contributed by atoms with Gasteiger partial charge in [-0.2, -0.15) is 0 Å². The summed E-state index contributed by atoms with van der Waals surface area (Å²) in [5.41, 5.74) is 0.689. The maximum atomic E-state index is 12.8. The van der Waals surface area contributed by atoms with Crippen molar-refractivity contribution in [1.29, 1.82) is 0 Å². The van der Waals surface area contributed by atoms with Crippen molar-refractivity contribution in [3.05, 3.63) is 80.5 Å². The molecule has 8 heteroatoms. The van der Waals surface area contributed by atoms with Crippen molar-refractivity contribution in [2.24, 2.45) is 4.99 Å². The third kappa shape index (κ3) is 4.29. The average molecular weight is 438 g/mol. The van der Waals surface area contributed by atoms with Crippen LogP contribution in [0.4, 0.5) is 5.69 Å². The smallest absolute Gasteiger partial charge is 0.331 e. The number of fused-ring (bicyclic) bond motifs is 1. The number of aromatic amines is 1. The second-order valence-electron chi connectivity index (χ2n) is 7.39. The Hall–Kier alpha value is -3.26. The fourth-order valence-corrected chi connectivity index (χ4v) is 4.85. The highest BCUT2D eigenvalue weighted by Crippen LogP contribution is 2.46. The number of hydrogen-bond acceptors (Lipinski definition) is 6. The number of benzene rings is 2. The molecular formula is C23H23N3O4S. The first-order chi connectivity index (χ1) is 15.0. The molecular weight excluding hydrogens is 414 g/mol. The Kier molecular flexibility index (Phi) is 5.99. The molecule has 0 radical (unpaired) electrons. The maximum absolute atomic E-state index is 12.8. The van der Waals surface area contributed by atoms with Gasteiger partial charge in [-0.25, -0.2) is 4.79 Å². The largest absolute Gasteiger partial charge is 0.508 e. The number of nitrogens with zero attached hydrogens (tertiary/aromatic N) is 2. The van der Waals surface area contributed by atoms with Crippen molar-refractivity contribution >= 4 is 23.2 Å². The molecule has 7 nitrogen and oxygen atoms in total. The lowest BCUT2D eigenvalue weighted by atomic mass is 10.0. The van der Waals surface area contributed by atoms with Crippen LogP contribution in [0.15, 0.2) is 68.0 Å². The second-order valence-corrected chi connectivity index (χ2v) is 8.64. The van der Waals surface area contributed by atoms with Gasteiger partial charge < -0.3 is 10.2 Å². The molecule has 160 valence electrons. The standard InChI is InChI=1S/C23H23N3O4S/c1-2-3-11-26-22(29)20(21(28)25-23(26)30)17-13-19(14-7-6-8-15(27)12-14)31-18-10-5-4-9-16(18)24-17/h4-10,12,19,27,29H,2-3,11,13H2,1H3,(H,25,28,30). The summed E-state index contributed by atoms with van der Waals surface area (Å²) in [6.45, 7) is 2.29. The molecule has 0 spiro atoms. The number of thioether (sulfide) groups is 1. The number of aromatic hydroxyl groups is 2. The minimum atomic E-state index is -0.659. The summed E-state index contributed by atoms with van der Waals surface area (Å²) in [4.78, 5) is 33.0. The molecule has 1 atom stereocenters. The van der Waals surface area contributed by atoms with Crippen LogP contribution in [0, 0.1) is 0 Å². The van der Waals surface area contributed by atoms with E-state index in [1.54, 1.807) is 30.0 Å². The summed E-state index contributed by atoms with van der Waals surface area (Å²) in [5.74, 6) is -0.206. The number of para-hydroxylation sites is 1. The van der Waals surface area contributed by atoms with E-state index in [0.717, 1.165) is 16.9 Å². The van der Waals surface area contributed by atoms with E-state index in [4.69, 9.17) is 4.99 Å². The molecule has 0 saturated carbocycles. The van der Waals surface area contributed by atoms with Gasteiger partial charge >= 0.3 is 5.69 Å². The number of aromatic nitrogens is 2. The van der Waals surface area contributed by atoms with E-state index in [1.807, 2.05) is 37.3 Å². The normalized spacial score (nSPS) is 15.8. The number of H-pyrrole nitrogens is 1. The summed E-state index contributed by atoms with van der Waals surface area (Å²) in [7, 11) is 0. The van der Waals surface area contributed by atoms with E-state index in [2.05, 4.69) is 4.98 Å². The summed E-state index contributed by atoms with van der Waals surface area (Å²) in [5, 5.41) is 20.7. The Morgan fingerprint density at radius 3 is 2.74 bits per heavy atom. The highest BCUT2D eigenvalue weighted by Gasteiger charge is 2.27. The van der Waals surface area contributed by atoms with Gasteiger partial charge in [0.05, 0.1) is 11.4 Å². The summed E-state index contributed by atoms with van der Waals surface area (Å²) in [6.07, 6.45) is 1.87. The molecule has 0 bridgehead atoms. The topological polar surface area (TPSA) is 108 Å². The van der Waals surface area contributed by atoms with Crippen molar-refractivity contribution in [3.63, 3.8) is 0 Å². The van der Waals surface area contributed by atoms with E-state index in [9.17, 15) is 19.8 Å². The molecule has 3 aromatic rings. The molecule has 1 aromatic heterocycles. The van der Waals surface area contributed by atoms with Crippen LogP contribution in [-0.4, -0.2) is 25.5 Å². The van der Waals surface area contributed by atoms with Gasteiger partial charge in [0, 0.05) is 23.1 Å². The zero-order valence-corrected chi connectivity index (χ0v) is 17.9. The van der Waals surface area contributed by atoms with Gasteiger partial charge in [0.15, 0.2) is 0 Å². The highest BCUT2D eigenvalue weighted by molar-refractivity contribution is 7.99. The maximum Gasteiger partial charge on any atom is 0.331 e. The molecule has 0 fully saturated rings. The molecule has 2 heterocycles. The third-order valence-electron chi connectivity index (χ3n) is 5.21. The van der Waals surface area contributed by atoms with E-state index < -0.39 is 11.2 Å². The SMILES string of the molecule is CCCCn1c(O)c(C2=Nc3ccccc3SC(c3cccc(O)c3)C2)c(=O)[nH]c1=O. The van der Waals surface area contributed by atoms with Crippen LogP contribution in [0.3, 0.4) is 0 Å². The van der Waals surface area contributed by atoms with Crippen LogP contribution in [0.5, 0.6) is 11.6 Å². The van der Waals surface area contributed by atoms with Crippen molar-refractivity contribution < 1.29 is 10.2 Å². The van der Waals surface area contributed by atoms with E-state index in [0.29, 0.717) is 30.8 Å². The number of unbranched alkanes of at least 4 members (excludes halogenated alkanes) is 1. The Balaban J connectivity index is 1.88. The molecule has 31 heavy (non-hydrogen) atoms. The lowest BCUT2D eigenvalue weighted by Crippen LogP contribution is -2.34. The van der Waals surface area contributed by atoms with Crippen LogP contribution in [0.2, 0.25) is 0 Å². The molecule has 4 rings (SSSR count). The second kappa shape index (κ2) is 8.85. The zero-order valence-electron chi connectivity index (χ0n) is 17.0. The highest BCUT2D eigenvalue weighted by atomic mass is 32.2. The zero-order chi connectivity index (χ0) is 22.0. The fourth-order valence-electron chi connectivity index (χ4n) is 3.62. The number of phenolic OH excluding ortho intramolecular Hbond substituents is 1. The van der Waals surface area contributed by atoms with Gasteiger partial charge in [0.1, 0.15) is 11.3 Å². The molecule has 1 unspecified atom stereocenters. The summed E-state index contributed by atoms with van der Waals surface area (Å²) in [6, 6.07) is 14.6. The molecule has 3 N–H and O–H groups in total. The third-order valence-corrected chi connectivity index (χ3v) is 6.53. The molecule has 0 saturated heterocycles. The number of phenols is 1. The molecule has 1 aliphatic heterocycles. The van der Waals surface area contributed by atoms with E-state index in [1.165, 1.54) is 4.57 Å². The quantitative estimate of drug-likeness (QED) is 0.557. The van der Waals surface area contributed by atoms with Crippen molar-refractivity contribution in [2.75, 3.05) is 0 Å². The van der Waals surface area contributed by atoms with E-state index >= 15 is 0 Å². The Morgan fingerprint density at radius 2 is 1.97 bits per heavy atom. The van der Waals surface area contributed by atoms with Crippen molar-refractivity contribution in [3.8, 4) is 11.6 Å². The van der Waals surface area contributed by atoms with Gasteiger partial charge in [-0.3, -0.25) is 19.3 Å². The fraction of sp³-hybridized carbons (Fsp3) is 0.261. The van der Waals surface area contributed by atoms with Crippen LogP contribution in [-0.2, 0) is 6.54 Å². The Morgan fingerprint density at radius 1 is 1.16 bits per heavy atom. The van der Waals surface area contributed by atoms with Crippen LogP contribution >= 0.6 is 11.8 Å². The minimum Gasteiger partial charge on any atom is -0.508 e. The van der Waals surface area contributed by atoms with Crippen LogP contribution in [0.25, 0.3) is 0 Å². The number of aliphatic imine (C=N–C) groups is 1. The van der Waals surface area contributed by atoms with Crippen molar-refractivity contribution in [1.82, 2.24) is 9.55 Å². The first-order valence-corrected chi connectivity index (χ1v) is 11.0. The average Bonchev–Trinajstić information content (AvgIpc) is 2.93. The number of hydrogen-bond donors (Lipinski definition) is 3. The van der Waals surface area contributed by atoms with Crippen LogP contribution < -0.4 is 11.2 Å². The lowest BCUT2D eigenvalue weighted by Gasteiger charge is -2.17. The number of rotatable bonds is 5. The summed E-state index contributed by atoms with van der Waals surface area (Å²) >= 11 is 1.58. The van der Waals surface area contributed by atoms with Gasteiger partial charge in [0.25, 0.3) is 5.56 Å². The first kappa shape index (κ1) is 21.0. The van der Waals surface area contributed by atoms with Gasteiger partial charge in [-0.1, -0.05) is 37.6 Å². The van der Waals surface area contributed by atoms with E-state index in [-0.39, 0.29) is 22.4 Å². The molecule has 0 amide bonds. The molecule has 2 aromatic carbocycles. The monoisotopic (exact) mass is 437 g/mol. The van der Waals surface area contributed by atoms with Crippen molar-refractivity contribution in [2.45, 2.75) is 42.9 Å². The van der Waals surface area contributed by atoms with Crippen LogP contribution in [0.1, 0.15) is 42.6 Å². The molecule has 1 aliphatic rings. The first-order valence-electron chi connectivity index (χ1n) is 10.2. The summed E-state index contributed by atoms with van der Waals surface area (Å²) < 4.78 is 1.19. The predicted molar refractivity (Wildman–Crippen MR) is 122 cm³/mol. The minimum absolute atomic E-state index is 0.0122. The number of nitrogens with one attached hydrogen (secondary N) is 1. The van der Waals surface area contributed by atoms with Gasteiger partial charge in [-0.15, -0.1) is 11.8 Å². The predicted octanol–water partition coefficient (Wildman–Crippen LogP) is 4.11.